The first-order chi connectivity index (χ1) is 16.8. The van der Waals surface area contributed by atoms with Crippen LogP contribution < -0.4 is 24.7 Å². The van der Waals surface area contributed by atoms with Gasteiger partial charge in [-0.15, -0.1) is 0 Å². The maximum absolute atomic E-state index is 14.1. The van der Waals surface area contributed by atoms with Gasteiger partial charge in [0.25, 0.3) is 5.56 Å². The van der Waals surface area contributed by atoms with E-state index in [2.05, 4.69) is 5.10 Å². The highest BCUT2D eigenvalue weighted by atomic mass is 19.4. The highest BCUT2D eigenvalue weighted by Gasteiger charge is 2.36. The highest BCUT2D eigenvalue weighted by molar-refractivity contribution is 5.71. The van der Waals surface area contributed by atoms with E-state index in [-0.39, 0.29) is 35.7 Å². The van der Waals surface area contributed by atoms with Crippen molar-refractivity contribution < 1.29 is 27.4 Å². The number of nitrogens with zero attached hydrogens (tertiary/aromatic N) is 3. The second-order valence-electron chi connectivity index (χ2n) is 8.47. The normalized spacial score (nSPS) is 15.2. The lowest BCUT2D eigenvalue weighted by atomic mass is 10.1. The summed E-state index contributed by atoms with van der Waals surface area (Å²) in [5.74, 6) is 1.21. The molecule has 184 valence electrons. The van der Waals surface area contributed by atoms with Gasteiger partial charge in [-0.05, 0) is 43.2 Å². The molecule has 0 amide bonds. The summed E-state index contributed by atoms with van der Waals surface area (Å²) in [4.78, 5) is 15.4. The fourth-order valence-electron chi connectivity index (χ4n) is 4.59. The van der Waals surface area contributed by atoms with Crippen molar-refractivity contribution in [2.45, 2.75) is 25.4 Å². The average Bonchev–Trinajstić information content (AvgIpc) is 3.56. The van der Waals surface area contributed by atoms with Crippen molar-refractivity contribution in [2.24, 2.45) is 0 Å². The van der Waals surface area contributed by atoms with Gasteiger partial charge in [0, 0.05) is 36.8 Å². The number of alkyl halides is 3. The fourth-order valence-corrected chi connectivity index (χ4v) is 4.59. The van der Waals surface area contributed by atoms with Gasteiger partial charge < -0.3 is 19.1 Å². The van der Waals surface area contributed by atoms with Crippen LogP contribution in [0, 0.1) is 0 Å². The van der Waals surface area contributed by atoms with E-state index in [1.54, 1.807) is 18.2 Å². The number of hydrogen-bond donors (Lipinski definition) is 0. The van der Waals surface area contributed by atoms with Gasteiger partial charge >= 0.3 is 6.18 Å². The molecule has 1 fully saturated rings. The summed E-state index contributed by atoms with van der Waals surface area (Å²) in [6.45, 7) is 1.74. The Morgan fingerprint density at radius 2 is 1.69 bits per heavy atom. The van der Waals surface area contributed by atoms with Crippen LogP contribution in [0.15, 0.2) is 41.2 Å². The Hall–Kier alpha value is -3.69. The lowest BCUT2D eigenvalue weighted by Crippen LogP contribution is -2.27. The van der Waals surface area contributed by atoms with Crippen LogP contribution in [0.3, 0.4) is 0 Å². The molecule has 2 aromatic carbocycles. The summed E-state index contributed by atoms with van der Waals surface area (Å²) in [7, 11) is 2.99. The summed E-state index contributed by atoms with van der Waals surface area (Å²) in [5, 5.41) is 4.43. The number of rotatable bonds is 5. The number of halogens is 3. The van der Waals surface area contributed by atoms with Crippen LogP contribution in [-0.4, -0.2) is 43.7 Å². The number of hydrogen-bond acceptors (Lipinski definition) is 6. The number of anilines is 1. The van der Waals surface area contributed by atoms with Crippen LogP contribution in [0.4, 0.5) is 18.9 Å². The third-order valence-corrected chi connectivity index (χ3v) is 6.35. The van der Waals surface area contributed by atoms with E-state index in [4.69, 9.17) is 14.2 Å². The Kier molecular flexibility index (Phi) is 5.82. The van der Waals surface area contributed by atoms with Crippen molar-refractivity contribution in [1.82, 2.24) is 9.78 Å². The second-order valence-corrected chi connectivity index (χ2v) is 8.47. The molecule has 5 rings (SSSR count). The minimum atomic E-state index is -4.67. The minimum Gasteiger partial charge on any atom is -0.497 e. The van der Waals surface area contributed by atoms with E-state index < -0.39 is 17.3 Å². The lowest BCUT2D eigenvalue weighted by molar-refractivity contribution is -0.137. The maximum atomic E-state index is 14.1. The fraction of sp³-hybridized carbons (Fsp3) is 0.360. The summed E-state index contributed by atoms with van der Waals surface area (Å²) >= 11 is 0. The summed E-state index contributed by atoms with van der Waals surface area (Å²) in [6, 6.07) is 8.89. The Bertz CT molecular complexity index is 1310. The molecular formula is C25H24F3N3O4. The first-order valence-corrected chi connectivity index (χ1v) is 11.3. The van der Waals surface area contributed by atoms with Crippen molar-refractivity contribution in [3.05, 3.63) is 57.9 Å². The smallest absolute Gasteiger partial charge is 0.418 e. The molecule has 3 heterocycles. The SMILES string of the molecule is COc1cc(OC)cc(-c2nn(-c3cc(N4CCCC4)ccc3C(F)(F)F)c(=O)c3c2OCC3)c1. The van der Waals surface area contributed by atoms with Gasteiger partial charge in [-0.3, -0.25) is 4.79 Å². The molecule has 35 heavy (non-hydrogen) atoms. The van der Waals surface area contributed by atoms with E-state index in [1.807, 2.05) is 4.90 Å². The Balaban J connectivity index is 1.77. The van der Waals surface area contributed by atoms with Crippen molar-refractivity contribution in [2.75, 3.05) is 38.8 Å². The molecule has 1 saturated heterocycles. The molecule has 0 aliphatic carbocycles. The molecule has 0 saturated carbocycles. The van der Waals surface area contributed by atoms with Crippen LogP contribution in [0.2, 0.25) is 0 Å². The topological polar surface area (TPSA) is 65.8 Å². The molecule has 10 heteroatoms. The Morgan fingerprint density at radius 1 is 1.00 bits per heavy atom. The van der Waals surface area contributed by atoms with Crippen molar-refractivity contribution in [1.29, 1.82) is 0 Å². The van der Waals surface area contributed by atoms with Crippen molar-refractivity contribution in [3.8, 4) is 34.2 Å². The largest absolute Gasteiger partial charge is 0.497 e. The zero-order chi connectivity index (χ0) is 24.7. The predicted octanol–water partition coefficient (Wildman–Crippen LogP) is 4.47. The third kappa shape index (κ3) is 4.17. The van der Waals surface area contributed by atoms with Gasteiger partial charge in [0.2, 0.25) is 0 Å². The lowest BCUT2D eigenvalue weighted by Gasteiger charge is -2.22. The molecule has 3 aromatic rings. The van der Waals surface area contributed by atoms with Gasteiger partial charge in [0.15, 0.2) is 5.75 Å². The average molecular weight is 487 g/mol. The van der Waals surface area contributed by atoms with Gasteiger partial charge in [0.05, 0.1) is 37.6 Å². The first kappa shape index (κ1) is 23.1. The molecule has 2 aliphatic rings. The zero-order valence-corrected chi connectivity index (χ0v) is 19.3. The van der Waals surface area contributed by atoms with E-state index in [9.17, 15) is 18.0 Å². The van der Waals surface area contributed by atoms with Crippen molar-refractivity contribution in [3.63, 3.8) is 0 Å². The van der Waals surface area contributed by atoms with Gasteiger partial charge in [-0.2, -0.15) is 23.0 Å². The third-order valence-electron chi connectivity index (χ3n) is 6.35. The number of aromatic nitrogens is 2. The first-order valence-electron chi connectivity index (χ1n) is 11.3. The van der Waals surface area contributed by atoms with Crippen LogP contribution in [-0.2, 0) is 12.6 Å². The highest BCUT2D eigenvalue weighted by Crippen LogP contribution is 2.39. The Morgan fingerprint density at radius 3 is 2.31 bits per heavy atom. The standard InChI is InChI=1S/C25H24F3N3O4/c1-33-17-11-15(12-18(14-17)34-2)22-23-19(7-10-35-23)24(32)31(29-22)21-13-16(30-8-3-4-9-30)5-6-20(21)25(26,27)28/h5-6,11-14H,3-4,7-10H2,1-2H3. The van der Waals surface area contributed by atoms with E-state index in [0.29, 0.717) is 22.7 Å². The molecule has 2 aliphatic heterocycles. The molecule has 0 unspecified atom stereocenters. The molecular weight excluding hydrogens is 463 g/mol. The second kappa shape index (κ2) is 8.83. The Labute approximate surface area is 199 Å². The van der Waals surface area contributed by atoms with Crippen molar-refractivity contribution >= 4 is 5.69 Å². The molecule has 0 spiro atoms. The van der Waals surface area contributed by atoms with E-state index in [0.717, 1.165) is 36.7 Å². The number of fused-ring (bicyclic) bond motifs is 1. The quantitative estimate of drug-likeness (QED) is 0.529. The predicted molar refractivity (Wildman–Crippen MR) is 124 cm³/mol. The summed E-state index contributed by atoms with van der Waals surface area (Å²) in [5.41, 5.74) is -0.204. The monoisotopic (exact) mass is 487 g/mol. The van der Waals surface area contributed by atoms with E-state index >= 15 is 0 Å². The molecule has 0 N–H and O–H groups in total. The molecule has 1 aromatic heterocycles. The molecule has 0 radical (unpaired) electrons. The van der Waals surface area contributed by atoms with Crippen LogP contribution in [0.1, 0.15) is 24.0 Å². The zero-order valence-electron chi connectivity index (χ0n) is 19.3. The van der Waals surface area contributed by atoms with E-state index in [1.165, 1.54) is 26.4 Å². The van der Waals surface area contributed by atoms with Gasteiger partial charge in [-0.1, -0.05) is 0 Å². The number of benzene rings is 2. The molecule has 0 atom stereocenters. The van der Waals surface area contributed by atoms with Crippen LogP contribution >= 0.6 is 0 Å². The maximum Gasteiger partial charge on any atom is 0.418 e. The van der Waals surface area contributed by atoms with Gasteiger partial charge in [-0.25, -0.2) is 0 Å². The number of methoxy groups -OCH3 is 2. The summed E-state index contributed by atoms with van der Waals surface area (Å²) in [6.07, 6.45) is -2.47. The van der Waals surface area contributed by atoms with Gasteiger partial charge in [0.1, 0.15) is 17.2 Å². The number of ether oxygens (including phenoxy) is 3. The van der Waals surface area contributed by atoms with Crippen LogP contribution in [0.5, 0.6) is 17.2 Å². The summed E-state index contributed by atoms with van der Waals surface area (Å²) < 4.78 is 59.4. The molecule has 7 nitrogen and oxygen atoms in total. The van der Waals surface area contributed by atoms with Crippen LogP contribution in [0.25, 0.3) is 16.9 Å². The molecule has 0 bridgehead atoms. The minimum absolute atomic E-state index is 0.240.